The van der Waals surface area contributed by atoms with Gasteiger partial charge in [0.2, 0.25) is 10.0 Å². The third kappa shape index (κ3) is 4.38. The Morgan fingerprint density at radius 2 is 2.07 bits per heavy atom. The molecule has 0 bridgehead atoms. The number of nitrogens with zero attached hydrogens (tertiary/aromatic N) is 3. The van der Waals surface area contributed by atoms with Crippen LogP contribution < -0.4 is 5.32 Å². The first kappa shape index (κ1) is 20.9. The zero-order chi connectivity index (χ0) is 21.3. The zero-order valence-electron chi connectivity index (χ0n) is 16.8. The maximum absolute atomic E-state index is 13.9. The molecule has 2 aromatic heterocycles. The second kappa shape index (κ2) is 8.41. The van der Waals surface area contributed by atoms with Gasteiger partial charge in [0.25, 0.3) is 0 Å². The summed E-state index contributed by atoms with van der Waals surface area (Å²) in [5.41, 5.74) is 1.26. The molecule has 1 aromatic carbocycles. The lowest BCUT2D eigenvalue weighted by Gasteiger charge is -2.31. The van der Waals surface area contributed by atoms with Gasteiger partial charge < -0.3 is 5.32 Å². The van der Waals surface area contributed by atoms with Gasteiger partial charge in [-0.1, -0.05) is 12.1 Å². The number of anilines is 2. The molecule has 1 fully saturated rings. The number of hydrogen-bond acceptors (Lipinski definition) is 6. The first-order chi connectivity index (χ1) is 14.3. The van der Waals surface area contributed by atoms with Gasteiger partial charge in [0, 0.05) is 35.8 Å². The Kier molecular flexibility index (Phi) is 5.86. The Morgan fingerprint density at radius 1 is 1.23 bits per heavy atom. The van der Waals surface area contributed by atoms with Gasteiger partial charge in [-0.05, 0) is 56.5 Å². The standard InChI is InChI=1S/C21H23FN4O2S2/c1-14-8-9-17(11-18(14)22)30(27,28)26-10-4-5-16(13-26)19-6-3-7-20(24-19)25-21-23-12-15(2)29-21/h3,6-9,11-12,16H,4-5,10,13H2,1-2H3,(H,23,24,25). The van der Waals surface area contributed by atoms with Gasteiger partial charge in [0.1, 0.15) is 11.6 Å². The van der Waals surface area contributed by atoms with Crippen LogP contribution in [-0.4, -0.2) is 35.8 Å². The molecule has 1 unspecified atom stereocenters. The molecule has 30 heavy (non-hydrogen) atoms. The quantitative estimate of drug-likeness (QED) is 0.620. The van der Waals surface area contributed by atoms with Crippen molar-refractivity contribution >= 4 is 32.3 Å². The number of hydrogen-bond donors (Lipinski definition) is 1. The smallest absolute Gasteiger partial charge is 0.243 e. The second-order valence-corrected chi connectivity index (χ2v) is 10.6. The molecule has 1 atom stereocenters. The SMILES string of the molecule is Cc1cnc(Nc2cccc(C3CCCN(S(=O)(=O)c4ccc(C)c(F)c4)C3)n2)s1. The highest BCUT2D eigenvalue weighted by atomic mass is 32.2. The lowest BCUT2D eigenvalue weighted by molar-refractivity contribution is 0.312. The number of halogens is 1. The summed E-state index contributed by atoms with van der Waals surface area (Å²) in [5, 5.41) is 3.98. The molecule has 1 saturated heterocycles. The molecular formula is C21H23FN4O2S2. The number of rotatable bonds is 5. The lowest BCUT2D eigenvalue weighted by atomic mass is 9.96. The van der Waals surface area contributed by atoms with Crippen LogP contribution in [0.4, 0.5) is 15.3 Å². The van der Waals surface area contributed by atoms with Crippen molar-refractivity contribution in [2.75, 3.05) is 18.4 Å². The van der Waals surface area contributed by atoms with Crippen LogP contribution in [0.3, 0.4) is 0 Å². The van der Waals surface area contributed by atoms with E-state index in [4.69, 9.17) is 0 Å². The number of thiazole rings is 1. The molecule has 3 heterocycles. The average molecular weight is 447 g/mol. The second-order valence-electron chi connectivity index (χ2n) is 7.46. The van der Waals surface area contributed by atoms with Crippen LogP contribution in [0.5, 0.6) is 0 Å². The van der Waals surface area contributed by atoms with E-state index in [0.29, 0.717) is 24.5 Å². The van der Waals surface area contributed by atoms with E-state index in [9.17, 15) is 12.8 Å². The van der Waals surface area contributed by atoms with Gasteiger partial charge >= 0.3 is 0 Å². The summed E-state index contributed by atoms with van der Waals surface area (Å²) in [5.74, 6) is 0.147. The van der Waals surface area contributed by atoms with Crippen molar-refractivity contribution in [3.05, 3.63) is 64.5 Å². The van der Waals surface area contributed by atoms with E-state index in [2.05, 4.69) is 15.3 Å². The summed E-state index contributed by atoms with van der Waals surface area (Å²) in [6.45, 7) is 4.35. The number of aryl methyl sites for hydroxylation is 2. The van der Waals surface area contributed by atoms with Crippen molar-refractivity contribution in [2.24, 2.45) is 0 Å². The maximum atomic E-state index is 13.9. The van der Waals surface area contributed by atoms with Crippen LogP contribution in [0.25, 0.3) is 0 Å². The first-order valence-electron chi connectivity index (χ1n) is 9.75. The molecule has 3 aromatic rings. The van der Waals surface area contributed by atoms with E-state index in [1.807, 2.05) is 25.1 Å². The van der Waals surface area contributed by atoms with E-state index >= 15 is 0 Å². The topological polar surface area (TPSA) is 75.2 Å². The predicted octanol–water partition coefficient (Wildman–Crippen LogP) is 4.61. The number of piperidine rings is 1. The third-order valence-electron chi connectivity index (χ3n) is 5.21. The van der Waals surface area contributed by atoms with Gasteiger partial charge in [-0.2, -0.15) is 4.31 Å². The molecule has 1 N–H and O–H groups in total. The van der Waals surface area contributed by atoms with Crippen LogP contribution in [-0.2, 0) is 10.0 Å². The lowest BCUT2D eigenvalue weighted by Crippen LogP contribution is -2.39. The Hall–Kier alpha value is -2.36. The van der Waals surface area contributed by atoms with Crippen LogP contribution in [0.1, 0.15) is 34.9 Å². The number of aromatic nitrogens is 2. The molecular weight excluding hydrogens is 423 g/mol. The summed E-state index contributed by atoms with van der Waals surface area (Å²) in [6.07, 6.45) is 3.37. The molecule has 0 amide bonds. The first-order valence-corrected chi connectivity index (χ1v) is 12.0. The highest BCUT2D eigenvalue weighted by Gasteiger charge is 2.32. The Morgan fingerprint density at radius 3 is 2.80 bits per heavy atom. The molecule has 0 saturated carbocycles. The minimum Gasteiger partial charge on any atom is -0.316 e. The van der Waals surface area contributed by atoms with Crippen LogP contribution in [0.15, 0.2) is 47.5 Å². The fraction of sp³-hybridized carbons (Fsp3) is 0.333. The molecule has 0 radical (unpaired) electrons. The largest absolute Gasteiger partial charge is 0.316 e. The maximum Gasteiger partial charge on any atom is 0.243 e. The Balaban J connectivity index is 1.53. The number of pyridine rings is 1. The van der Waals surface area contributed by atoms with Gasteiger partial charge in [0.15, 0.2) is 5.13 Å². The number of nitrogens with one attached hydrogen (secondary N) is 1. The monoisotopic (exact) mass is 446 g/mol. The fourth-order valence-electron chi connectivity index (χ4n) is 3.56. The predicted molar refractivity (Wildman–Crippen MR) is 116 cm³/mol. The summed E-state index contributed by atoms with van der Waals surface area (Å²) in [4.78, 5) is 10.1. The van der Waals surface area contributed by atoms with Gasteiger partial charge in [-0.3, -0.25) is 0 Å². The summed E-state index contributed by atoms with van der Waals surface area (Å²) in [6, 6.07) is 9.77. The Bertz CT molecular complexity index is 1160. The van der Waals surface area contributed by atoms with Crippen molar-refractivity contribution in [1.29, 1.82) is 0 Å². The number of benzene rings is 1. The molecule has 4 rings (SSSR count). The van der Waals surface area contributed by atoms with Crippen molar-refractivity contribution < 1.29 is 12.8 Å². The minimum atomic E-state index is -3.76. The van der Waals surface area contributed by atoms with Gasteiger partial charge in [0.05, 0.1) is 4.90 Å². The van der Waals surface area contributed by atoms with Gasteiger partial charge in [-0.15, -0.1) is 11.3 Å². The fourth-order valence-corrected chi connectivity index (χ4v) is 5.76. The molecule has 6 nitrogen and oxygen atoms in total. The third-order valence-corrected chi connectivity index (χ3v) is 7.90. The Labute approximate surface area is 179 Å². The normalized spacial score (nSPS) is 17.8. The van der Waals surface area contributed by atoms with Crippen molar-refractivity contribution in [3.8, 4) is 0 Å². The van der Waals surface area contributed by atoms with Crippen molar-refractivity contribution in [2.45, 2.75) is 37.5 Å². The van der Waals surface area contributed by atoms with Crippen molar-refractivity contribution in [3.63, 3.8) is 0 Å². The van der Waals surface area contributed by atoms with Gasteiger partial charge in [-0.25, -0.2) is 22.8 Å². The van der Waals surface area contributed by atoms with E-state index in [0.717, 1.165) is 34.6 Å². The molecule has 1 aliphatic rings. The molecule has 0 spiro atoms. The summed E-state index contributed by atoms with van der Waals surface area (Å²) >= 11 is 1.55. The van der Waals surface area contributed by atoms with Crippen LogP contribution in [0, 0.1) is 19.7 Å². The van der Waals surface area contributed by atoms with Crippen LogP contribution in [0.2, 0.25) is 0 Å². The highest BCUT2D eigenvalue weighted by molar-refractivity contribution is 7.89. The zero-order valence-corrected chi connectivity index (χ0v) is 18.4. The van der Waals surface area contributed by atoms with Crippen molar-refractivity contribution in [1.82, 2.24) is 14.3 Å². The summed E-state index contributed by atoms with van der Waals surface area (Å²) in [7, 11) is -3.76. The summed E-state index contributed by atoms with van der Waals surface area (Å²) < 4.78 is 41.5. The molecule has 0 aliphatic carbocycles. The van der Waals surface area contributed by atoms with E-state index < -0.39 is 15.8 Å². The minimum absolute atomic E-state index is 0.00577. The molecule has 1 aliphatic heterocycles. The van der Waals surface area contributed by atoms with Crippen LogP contribution >= 0.6 is 11.3 Å². The number of sulfonamides is 1. The molecule has 158 valence electrons. The molecule has 9 heteroatoms. The average Bonchev–Trinajstić information content (AvgIpc) is 3.15. The van der Waals surface area contributed by atoms with E-state index in [1.165, 1.54) is 16.4 Å². The highest BCUT2D eigenvalue weighted by Crippen LogP contribution is 2.31. The van der Waals surface area contributed by atoms with E-state index in [-0.39, 0.29) is 10.8 Å². The van der Waals surface area contributed by atoms with E-state index in [1.54, 1.807) is 24.5 Å².